The summed E-state index contributed by atoms with van der Waals surface area (Å²) in [6.45, 7) is 2.75. The first-order valence-corrected chi connectivity index (χ1v) is 3.74. The van der Waals surface area contributed by atoms with E-state index in [9.17, 15) is 0 Å². The van der Waals surface area contributed by atoms with E-state index in [2.05, 4.69) is 6.92 Å². The average Bonchev–Trinajstić information content (AvgIpc) is 1.87. The van der Waals surface area contributed by atoms with Crippen LogP contribution < -0.4 is 5.73 Å². The maximum Gasteiger partial charge on any atom is 0.278 e. The predicted molar refractivity (Wildman–Crippen MR) is 42.0 cm³/mol. The van der Waals surface area contributed by atoms with Gasteiger partial charge in [0.15, 0.2) is 0 Å². The number of nitrogens with two attached hydrogens (primary N) is 1. The Kier molecular flexibility index (Phi) is 5.92. The van der Waals surface area contributed by atoms with Gasteiger partial charge in [-0.25, -0.2) is 0 Å². The summed E-state index contributed by atoms with van der Waals surface area (Å²) in [5.41, 5.74) is 4.97. The third-order valence-electron chi connectivity index (χ3n) is 1.26. The lowest BCUT2D eigenvalue weighted by Gasteiger charge is -2.01. The number of nitrogens with one attached hydrogen (secondary N) is 1. The van der Waals surface area contributed by atoms with Crippen molar-refractivity contribution in [2.24, 2.45) is 5.73 Å². The summed E-state index contributed by atoms with van der Waals surface area (Å²) < 4.78 is 4.75. The van der Waals surface area contributed by atoms with Crippen molar-refractivity contribution in [3.8, 4) is 0 Å². The summed E-state index contributed by atoms with van der Waals surface area (Å²) >= 11 is 0. The first-order valence-electron chi connectivity index (χ1n) is 3.74. The Bertz CT molecular complexity index is 93.6. The maximum absolute atomic E-state index is 6.73. The Balaban J connectivity index is 2.84. The SMILES string of the molecule is CCCCCCOC(=N)N. The van der Waals surface area contributed by atoms with Crippen LogP contribution in [0.4, 0.5) is 0 Å². The average molecular weight is 144 g/mol. The van der Waals surface area contributed by atoms with Gasteiger partial charge < -0.3 is 10.5 Å². The quantitative estimate of drug-likeness (QED) is 0.349. The Morgan fingerprint density at radius 1 is 1.40 bits per heavy atom. The predicted octanol–water partition coefficient (Wildman–Crippen LogP) is 1.48. The lowest BCUT2D eigenvalue weighted by atomic mass is 10.2. The van der Waals surface area contributed by atoms with Crippen molar-refractivity contribution in [1.82, 2.24) is 0 Å². The zero-order chi connectivity index (χ0) is 7.82. The van der Waals surface area contributed by atoms with E-state index in [1.54, 1.807) is 0 Å². The smallest absolute Gasteiger partial charge is 0.278 e. The third-order valence-corrected chi connectivity index (χ3v) is 1.26. The molecule has 0 fully saturated rings. The lowest BCUT2D eigenvalue weighted by Crippen LogP contribution is -2.14. The Labute approximate surface area is 62.1 Å². The van der Waals surface area contributed by atoms with Crippen molar-refractivity contribution in [3.63, 3.8) is 0 Å². The van der Waals surface area contributed by atoms with Crippen LogP contribution in [-0.2, 0) is 4.74 Å². The third kappa shape index (κ3) is 7.27. The normalized spacial score (nSPS) is 9.30. The topological polar surface area (TPSA) is 59.1 Å². The van der Waals surface area contributed by atoms with Gasteiger partial charge in [0.2, 0.25) is 0 Å². The van der Waals surface area contributed by atoms with E-state index in [4.69, 9.17) is 15.9 Å². The summed E-state index contributed by atoms with van der Waals surface area (Å²) in [7, 11) is 0. The molecule has 0 saturated heterocycles. The van der Waals surface area contributed by atoms with Crippen molar-refractivity contribution >= 4 is 6.02 Å². The molecule has 3 N–H and O–H groups in total. The number of rotatable bonds is 5. The summed E-state index contributed by atoms with van der Waals surface area (Å²) in [4.78, 5) is 0. The van der Waals surface area contributed by atoms with Crippen molar-refractivity contribution in [2.75, 3.05) is 6.61 Å². The van der Waals surface area contributed by atoms with Crippen molar-refractivity contribution in [1.29, 1.82) is 5.41 Å². The van der Waals surface area contributed by atoms with Gasteiger partial charge in [-0.2, -0.15) is 0 Å². The molecule has 0 aliphatic rings. The molecule has 0 atom stereocenters. The minimum atomic E-state index is -0.170. The Hall–Kier alpha value is -0.730. The molecule has 3 heteroatoms. The van der Waals surface area contributed by atoms with Crippen LogP contribution >= 0.6 is 0 Å². The van der Waals surface area contributed by atoms with Gasteiger partial charge in [-0.1, -0.05) is 26.2 Å². The molecule has 0 amide bonds. The molecule has 0 aliphatic heterocycles. The second kappa shape index (κ2) is 6.39. The number of unbranched alkanes of at least 4 members (excludes halogenated alkanes) is 3. The van der Waals surface area contributed by atoms with E-state index in [-0.39, 0.29) is 6.02 Å². The van der Waals surface area contributed by atoms with E-state index < -0.39 is 0 Å². The fourth-order valence-corrected chi connectivity index (χ4v) is 0.711. The molecular weight excluding hydrogens is 128 g/mol. The summed E-state index contributed by atoms with van der Waals surface area (Å²) in [5.74, 6) is 0. The van der Waals surface area contributed by atoms with Crippen LogP contribution in [0.5, 0.6) is 0 Å². The zero-order valence-corrected chi connectivity index (χ0v) is 6.52. The minimum Gasteiger partial charge on any atom is -0.466 e. The monoisotopic (exact) mass is 144 g/mol. The molecule has 0 spiro atoms. The second-order valence-electron chi connectivity index (χ2n) is 2.27. The highest BCUT2D eigenvalue weighted by molar-refractivity contribution is 5.67. The fraction of sp³-hybridized carbons (Fsp3) is 0.857. The number of hydrogen-bond acceptors (Lipinski definition) is 2. The summed E-state index contributed by atoms with van der Waals surface area (Å²) in [6, 6.07) is -0.170. The molecule has 0 saturated carbocycles. The van der Waals surface area contributed by atoms with Gasteiger partial charge in [-0.3, -0.25) is 5.41 Å². The molecule has 0 aromatic heterocycles. The van der Waals surface area contributed by atoms with Crippen molar-refractivity contribution in [2.45, 2.75) is 32.6 Å². The van der Waals surface area contributed by atoms with E-state index in [0.29, 0.717) is 6.61 Å². The van der Waals surface area contributed by atoms with Crippen LogP contribution in [0.2, 0.25) is 0 Å². The summed E-state index contributed by atoms with van der Waals surface area (Å²) in [5, 5.41) is 6.73. The molecule has 0 radical (unpaired) electrons. The second-order valence-corrected chi connectivity index (χ2v) is 2.27. The Morgan fingerprint density at radius 3 is 2.60 bits per heavy atom. The maximum atomic E-state index is 6.73. The number of hydrogen-bond donors (Lipinski definition) is 2. The van der Waals surface area contributed by atoms with Crippen LogP contribution in [0.1, 0.15) is 32.6 Å². The first-order chi connectivity index (χ1) is 4.77. The van der Waals surface area contributed by atoms with Crippen molar-refractivity contribution < 1.29 is 4.74 Å². The number of ether oxygens (including phenoxy) is 1. The van der Waals surface area contributed by atoms with Gasteiger partial charge in [0.25, 0.3) is 6.02 Å². The van der Waals surface area contributed by atoms with Gasteiger partial charge in [-0.05, 0) is 6.42 Å². The standard InChI is InChI=1S/C7H16N2O/c1-2-3-4-5-6-10-7(8)9/h2-6H2,1H3,(H3,8,9). The highest BCUT2D eigenvalue weighted by Crippen LogP contribution is 1.98. The van der Waals surface area contributed by atoms with Crippen LogP contribution in [0.25, 0.3) is 0 Å². The van der Waals surface area contributed by atoms with Gasteiger partial charge in [0.05, 0.1) is 6.61 Å². The number of amidine groups is 1. The molecule has 0 aromatic carbocycles. The van der Waals surface area contributed by atoms with Crippen LogP contribution in [0.3, 0.4) is 0 Å². The summed E-state index contributed by atoms with van der Waals surface area (Å²) in [6.07, 6.45) is 4.64. The fourth-order valence-electron chi connectivity index (χ4n) is 0.711. The molecule has 0 rings (SSSR count). The molecule has 0 unspecified atom stereocenters. The van der Waals surface area contributed by atoms with E-state index in [1.807, 2.05) is 0 Å². The van der Waals surface area contributed by atoms with Crippen LogP contribution in [0, 0.1) is 5.41 Å². The first kappa shape index (κ1) is 9.27. The van der Waals surface area contributed by atoms with Gasteiger partial charge in [0, 0.05) is 0 Å². The van der Waals surface area contributed by atoms with Gasteiger partial charge in [0.1, 0.15) is 0 Å². The molecule has 0 bridgehead atoms. The molecule has 0 heterocycles. The van der Waals surface area contributed by atoms with E-state index >= 15 is 0 Å². The van der Waals surface area contributed by atoms with Gasteiger partial charge in [-0.15, -0.1) is 0 Å². The largest absolute Gasteiger partial charge is 0.466 e. The van der Waals surface area contributed by atoms with E-state index in [0.717, 1.165) is 6.42 Å². The molecule has 10 heavy (non-hydrogen) atoms. The highest BCUT2D eigenvalue weighted by atomic mass is 16.5. The molecule has 60 valence electrons. The van der Waals surface area contributed by atoms with Crippen molar-refractivity contribution in [3.05, 3.63) is 0 Å². The van der Waals surface area contributed by atoms with Crippen LogP contribution in [-0.4, -0.2) is 12.6 Å². The molecule has 0 aromatic rings. The molecule has 3 nitrogen and oxygen atoms in total. The molecular formula is C7H16N2O. The lowest BCUT2D eigenvalue weighted by molar-refractivity contribution is 0.285. The molecule has 0 aliphatic carbocycles. The zero-order valence-electron chi connectivity index (χ0n) is 6.52. The minimum absolute atomic E-state index is 0.170. The Morgan fingerprint density at radius 2 is 2.10 bits per heavy atom. The van der Waals surface area contributed by atoms with Crippen LogP contribution in [0.15, 0.2) is 0 Å². The van der Waals surface area contributed by atoms with E-state index in [1.165, 1.54) is 19.3 Å². The van der Waals surface area contributed by atoms with Gasteiger partial charge >= 0.3 is 0 Å². The highest BCUT2D eigenvalue weighted by Gasteiger charge is 1.89.